The minimum absolute atomic E-state index is 0.0431. The predicted octanol–water partition coefficient (Wildman–Crippen LogP) is 1.04. The molecule has 1 amide bonds. The fourth-order valence-corrected chi connectivity index (χ4v) is 2.92. The van der Waals surface area contributed by atoms with Crippen molar-refractivity contribution in [2.45, 2.75) is 33.0 Å². The molecule has 0 saturated carbocycles. The van der Waals surface area contributed by atoms with Gasteiger partial charge in [0.25, 0.3) is 5.91 Å². The van der Waals surface area contributed by atoms with Gasteiger partial charge in [-0.2, -0.15) is 5.10 Å². The molecule has 1 N–H and O–H groups in total. The van der Waals surface area contributed by atoms with Crippen molar-refractivity contribution in [2.75, 3.05) is 33.8 Å². The number of aryl methyl sites for hydroxylation is 2. The van der Waals surface area contributed by atoms with Crippen molar-refractivity contribution in [3.8, 4) is 0 Å². The van der Waals surface area contributed by atoms with Crippen LogP contribution in [0.2, 0.25) is 0 Å². The average Bonchev–Trinajstić information content (AvgIpc) is 3.10. The van der Waals surface area contributed by atoms with Crippen molar-refractivity contribution < 1.29 is 9.53 Å². The largest absolute Gasteiger partial charge is 0.374 e. The lowest BCUT2D eigenvalue weighted by atomic mass is 10.2. The fourth-order valence-electron chi connectivity index (χ4n) is 2.92. The summed E-state index contributed by atoms with van der Waals surface area (Å²) in [5.74, 6) is -0.0431. The number of amides is 1. The van der Waals surface area contributed by atoms with E-state index in [4.69, 9.17) is 4.74 Å². The first-order valence-corrected chi connectivity index (χ1v) is 8.61. The van der Waals surface area contributed by atoms with Gasteiger partial charge >= 0.3 is 0 Å². The van der Waals surface area contributed by atoms with Gasteiger partial charge in [0.15, 0.2) is 0 Å². The standard InChI is InChI=1S/C17H26N6O2/c1-13-9-14(20-19-13)17(24)22-5-4-6-23-12-18-15(16(23)10-22)11-25-8-7-21(2)3/h9,12H,4-8,10-11H2,1-3H3,(H,19,20). The maximum atomic E-state index is 12.7. The van der Waals surface area contributed by atoms with Crippen LogP contribution in [0, 0.1) is 6.92 Å². The average molecular weight is 346 g/mol. The fraction of sp³-hybridized carbons (Fsp3) is 0.588. The Bertz CT molecular complexity index is 721. The number of aromatic nitrogens is 4. The molecule has 1 aliphatic heterocycles. The number of nitrogens with zero attached hydrogens (tertiary/aromatic N) is 5. The lowest BCUT2D eigenvalue weighted by Gasteiger charge is -2.19. The summed E-state index contributed by atoms with van der Waals surface area (Å²) in [6.45, 7) is 6.02. The number of hydrogen-bond donors (Lipinski definition) is 1. The van der Waals surface area contributed by atoms with Crippen LogP contribution in [0.4, 0.5) is 0 Å². The molecule has 0 unspecified atom stereocenters. The van der Waals surface area contributed by atoms with Crippen molar-refractivity contribution in [1.82, 2.24) is 29.5 Å². The molecule has 0 spiro atoms. The van der Waals surface area contributed by atoms with E-state index in [0.717, 1.165) is 36.6 Å². The van der Waals surface area contributed by atoms with Gasteiger partial charge in [-0.25, -0.2) is 4.98 Å². The van der Waals surface area contributed by atoms with Crippen molar-refractivity contribution in [3.63, 3.8) is 0 Å². The Balaban J connectivity index is 1.68. The number of carbonyl (C=O) groups is 1. The van der Waals surface area contributed by atoms with E-state index in [0.29, 0.717) is 32.0 Å². The van der Waals surface area contributed by atoms with E-state index in [1.54, 1.807) is 6.07 Å². The number of carbonyl (C=O) groups excluding carboxylic acids is 1. The van der Waals surface area contributed by atoms with Crippen LogP contribution in [0.15, 0.2) is 12.4 Å². The first kappa shape index (κ1) is 17.6. The molecule has 0 aliphatic carbocycles. The second-order valence-electron chi connectivity index (χ2n) is 6.70. The van der Waals surface area contributed by atoms with Crippen molar-refractivity contribution in [1.29, 1.82) is 0 Å². The smallest absolute Gasteiger partial charge is 0.274 e. The molecule has 8 nitrogen and oxygen atoms in total. The third-order valence-electron chi connectivity index (χ3n) is 4.33. The molecule has 136 valence electrons. The lowest BCUT2D eigenvalue weighted by molar-refractivity contribution is 0.0735. The molecule has 2 aromatic heterocycles. The minimum Gasteiger partial charge on any atom is -0.374 e. The van der Waals surface area contributed by atoms with Crippen LogP contribution in [-0.2, 0) is 24.4 Å². The summed E-state index contributed by atoms with van der Waals surface area (Å²) in [7, 11) is 4.04. The van der Waals surface area contributed by atoms with E-state index in [1.165, 1.54) is 0 Å². The SMILES string of the molecule is Cc1cc(C(=O)N2CCCn3cnc(COCCN(C)C)c3C2)n[nH]1. The number of rotatable bonds is 6. The van der Waals surface area contributed by atoms with E-state index in [9.17, 15) is 4.79 Å². The maximum absolute atomic E-state index is 12.7. The van der Waals surface area contributed by atoms with Crippen molar-refractivity contribution in [3.05, 3.63) is 35.2 Å². The third kappa shape index (κ3) is 4.26. The molecule has 1 aliphatic rings. The zero-order valence-corrected chi connectivity index (χ0v) is 15.2. The summed E-state index contributed by atoms with van der Waals surface area (Å²) in [5.41, 5.74) is 3.33. The maximum Gasteiger partial charge on any atom is 0.274 e. The highest BCUT2D eigenvalue weighted by Gasteiger charge is 2.24. The van der Waals surface area contributed by atoms with Crippen LogP contribution < -0.4 is 0 Å². The highest BCUT2D eigenvalue weighted by molar-refractivity contribution is 5.92. The Hall–Kier alpha value is -2.19. The summed E-state index contributed by atoms with van der Waals surface area (Å²) < 4.78 is 7.87. The van der Waals surface area contributed by atoms with E-state index in [-0.39, 0.29) is 5.91 Å². The summed E-state index contributed by atoms with van der Waals surface area (Å²) in [4.78, 5) is 21.1. The number of H-pyrrole nitrogens is 1. The van der Waals surface area contributed by atoms with E-state index in [2.05, 4.69) is 24.6 Å². The normalized spacial score (nSPS) is 14.6. The Morgan fingerprint density at radius 3 is 2.96 bits per heavy atom. The molecule has 0 fully saturated rings. The van der Waals surface area contributed by atoms with Gasteiger partial charge in [0.1, 0.15) is 5.69 Å². The second kappa shape index (κ2) is 7.79. The van der Waals surface area contributed by atoms with E-state index < -0.39 is 0 Å². The molecule has 0 atom stereocenters. The molecular weight excluding hydrogens is 320 g/mol. The zero-order valence-electron chi connectivity index (χ0n) is 15.2. The van der Waals surface area contributed by atoms with Gasteiger partial charge in [-0.05, 0) is 33.5 Å². The number of nitrogens with one attached hydrogen (secondary N) is 1. The number of fused-ring (bicyclic) bond motifs is 1. The molecular formula is C17H26N6O2. The number of likely N-dealkylation sites (N-methyl/N-ethyl adjacent to an activating group) is 1. The van der Waals surface area contributed by atoms with Gasteiger partial charge in [-0.3, -0.25) is 9.89 Å². The molecule has 0 saturated heterocycles. The predicted molar refractivity (Wildman–Crippen MR) is 93.1 cm³/mol. The van der Waals surface area contributed by atoms with Crippen LogP contribution in [-0.4, -0.2) is 69.2 Å². The highest BCUT2D eigenvalue weighted by atomic mass is 16.5. The highest BCUT2D eigenvalue weighted by Crippen LogP contribution is 2.18. The quantitative estimate of drug-likeness (QED) is 0.791. The monoisotopic (exact) mass is 346 g/mol. The first-order chi connectivity index (χ1) is 12.0. The lowest BCUT2D eigenvalue weighted by Crippen LogP contribution is -2.31. The Morgan fingerprint density at radius 1 is 1.40 bits per heavy atom. The minimum atomic E-state index is -0.0431. The molecule has 0 radical (unpaired) electrons. The Morgan fingerprint density at radius 2 is 2.24 bits per heavy atom. The number of imidazole rings is 1. The van der Waals surface area contributed by atoms with Gasteiger partial charge in [-0.1, -0.05) is 0 Å². The second-order valence-corrected chi connectivity index (χ2v) is 6.70. The van der Waals surface area contributed by atoms with Gasteiger partial charge in [0, 0.05) is 25.3 Å². The molecule has 3 heterocycles. The van der Waals surface area contributed by atoms with Crippen LogP contribution in [0.25, 0.3) is 0 Å². The Labute approximate surface area is 147 Å². The van der Waals surface area contributed by atoms with Gasteiger partial charge in [0.2, 0.25) is 0 Å². The van der Waals surface area contributed by atoms with Crippen LogP contribution >= 0.6 is 0 Å². The molecule has 8 heteroatoms. The van der Waals surface area contributed by atoms with Crippen LogP contribution in [0.1, 0.15) is 34.0 Å². The Kier molecular flexibility index (Phi) is 5.50. The van der Waals surface area contributed by atoms with E-state index >= 15 is 0 Å². The van der Waals surface area contributed by atoms with Crippen molar-refractivity contribution >= 4 is 5.91 Å². The summed E-state index contributed by atoms with van der Waals surface area (Å²) in [6, 6.07) is 1.79. The van der Waals surface area contributed by atoms with E-state index in [1.807, 2.05) is 32.2 Å². The number of ether oxygens (including phenoxy) is 1. The molecule has 3 rings (SSSR count). The molecule has 0 aromatic carbocycles. The topological polar surface area (TPSA) is 79.3 Å². The van der Waals surface area contributed by atoms with Gasteiger partial charge in [0.05, 0.1) is 37.5 Å². The molecule has 0 bridgehead atoms. The first-order valence-electron chi connectivity index (χ1n) is 8.61. The summed E-state index contributed by atoms with van der Waals surface area (Å²) in [5, 5.41) is 6.93. The van der Waals surface area contributed by atoms with Crippen LogP contribution in [0.3, 0.4) is 0 Å². The summed E-state index contributed by atoms with van der Waals surface area (Å²) >= 11 is 0. The zero-order chi connectivity index (χ0) is 17.8. The van der Waals surface area contributed by atoms with Crippen LogP contribution in [0.5, 0.6) is 0 Å². The molecule has 2 aromatic rings. The molecule has 25 heavy (non-hydrogen) atoms. The third-order valence-corrected chi connectivity index (χ3v) is 4.33. The van der Waals surface area contributed by atoms with Gasteiger partial charge < -0.3 is 19.1 Å². The number of hydrogen-bond acceptors (Lipinski definition) is 5. The van der Waals surface area contributed by atoms with Gasteiger partial charge in [-0.15, -0.1) is 0 Å². The number of aromatic amines is 1. The van der Waals surface area contributed by atoms with Crippen molar-refractivity contribution in [2.24, 2.45) is 0 Å². The summed E-state index contributed by atoms with van der Waals surface area (Å²) in [6.07, 6.45) is 2.76.